The molecule has 22 heavy (non-hydrogen) atoms. The largest absolute Gasteiger partial charge is 0.316 e. The second-order valence-electron chi connectivity index (χ2n) is 6.50. The van der Waals surface area contributed by atoms with E-state index in [2.05, 4.69) is 25.9 Å². The van der Waals surface area contributed by atoms with E-state index in [1.54, 1.807) is 10.8 Å². The molecule has 1 aliphatic rings. The zero-order chi connectivity index (χ0) is 16.1. The maximum Gasteiger partial charge on any atom is 0.273 e. The third-order valence-electron chi connectivity index (χ3n) is 3.13. The van der Waals surface area contributed by atoms with Crippen LogP contribution in [0.5, 0.6) is 0 Å². The van der Waals surface area contributed by atoms with Crippen molar-refractivity contribution in [3.05, 3.63) is 35.9 Å². The van der Waals surface area contributed by atoms with Gasteiger partial charge >= 0.3 is 0 Å². The summed E-state index contributed by atoms with van der Waals surface area (Å²) in [6, 6.07) is 10.1. The van der Waals surface area contributed by atoms with E-state index in [0.29, 0.717) is 13.2 Å². The minimum absolute atomic E-state index is 0.219. The zero-order valence-electron chi connectivity index (χ0n) is 13.6. The Labute approximate surface area is 142 Å². The molecule has 1 fully saturated rings. The van der Waals surface area contributed by atoms with Crippen molar-refractivity contribution in [1.82, 2.24) is 5.09 Å². The molecule has 0 aliphatic heterocycles. The van der Waals surface area contributed by atoms with Crippen molar-refractivity contribution in [2.45, 2.75) is 50.6 Å². The standard InChI is InChI=1S/C16H26NO2PS2/c1-16(2,3)22-21-12-11-19-20(18,15-9-10-15)17-13-14-7-5-4-6-8-14/h4-8,15H,9-13H2,1-3H3,(H,17,18). The summed E-state index contributed by atoms with van der Waals surface area (Å²) in [6.45, 7) is 7.74. The molecule has 0 radical (unpaired) electrons. The number of hydrogen-bond acceptors (Lipinski definition) is 4. The Bertz CT molecular complexity index is 501. The van der Waals surface area contributed by atoms with Crippen LogP contribution in [0.4, 0.5) is 0 Å². The number of hydrogen-bond donors (Lipinski definition) is 1. The molecule has 2 rings (SSSR count). The maximum atomic E-state index is 13.0. The van der Waals surface area contributed by atoms with E-state index in [1.165, 1.54) is 0 Å². The average Bonchev–Trinajstić information content (AvgIpc) is 3.30. The second kappa shape index (κ2) is 8.25. The summed E-state index contributed by atoms with van der Waals surface area (Å²) in [5.74, 6) is 0.867. The Morgan fingerprint density at radius 3 is 2.55 bits per heavy atom. The van der Waals surface area contributed by atoms with E-state index >= 15 is 0 Å². The van der Waals surface area contributed by atoms with Gasteiger partial charge in [-0.15, -0.1) is 0 Å². The Morgan fingerprint density at radius 1 is 1.27 bits per heavy atom. The molecule has 1 atom stereocenters. The first-order chi connectivity index (χ1) is 10.4. The third-order valence-corrected chi connectivity index (χ3v) is 9.08. The molecule has 3 nitrogen and oxygen atoms in total. The highest BCUT2D eigenvalue weighted by atomic mass is 33.1. The number of rotatable bonds is 9. The van der Waals surface area contributed by atoms with Gasteiger partial charge in [0.25, 0.3) is 7.52 Å². The summed E-state index contributed by atoms with van der Waals surface area (Å²) in [4.78, 5) is 0. The molecular formula is C16H26NO2PS2. The van der Waals surface area contributed by atoms with E-state index in [4.69, 9.17) is 4.52 Å². The molecule has 1 saturated carbocycles. The minimum atomic E-state index is -2.70. The van der Waals surface area contributed by atoms with Crippen LogP contribution < -0.4 is 5.09 Å². The first-order valence-electron chi connectivity index (χ1n) is 7.73. The van der Waals surface area contributed by atoms with Gasteiger partial charge in [0.05, 0.1) is 12.3 Å². The van der Waals surface area contributed by atoms with Gasteiger partial charge in [0.1, 0.15) is 0 Å². The topological polar surface area (TPSA) is 38.3 Å². The van der Waals surface area contributed by atoms with E-state index in [9.17, 15) is 4.57 Å². The maximum absolute atomic E-state index is 13.0. The molecule has 1 unspecified atom stereocenters. The summed E-state index contributed by atoms with van der Waals surface area (Å²) in [7, 11) is 0.936. The molecule has 1 aromatic carbocycles. The van der Waals surface area contributed by atoms with Crippen molar-refractivity contribution in [1.29, 1.82) is 0 Å². The molecular weight excluding hydrogens is 333 g/mol. The molecule has 124 valence electrons. The first-order valence-corrected chi connectivity index (χ1v) is 11.7. The van der Waals surface area contributed by atoms with Gasteiger partial charge in [-0.3, -0.25) is 4.57 Å². The summed E-state index contributed by atoms with van der Waals surface area (Å²) < 4.78 is 19.0. The van der Waals surface area contributed by atoms with Crippen LogP contribution in [0, 0.1) is 0 Å². The van der Waals surface area contributed by atoms with Crippen molar-refractivity contribution in [3.63, 3.8) is 0 Å². The summed E-state index contributed by atoms with van der Waals surface area (Å²) >= 11 is 0. The van der Waals surface area contributed by atoms with Gasteiger partial charge in [-0.25, -0.2) is 5.09 Å². The molecule has 0 aromatic heterocycles. The van der Waals surface area contributed by atoms with Crippen LogP contribution >= 0.6 is 29.1 Å². The number of nitrogens with one attached hydrogen (secondary N) is 1. The Kier molecular flexibility index (Phi) is 6.91. The third kappa shape index (κ3) is 6.67. The fourth-order valence-corrected chi connectivity index (χ4v) is 6.30. The second-order valence-corrected chi connectivity index (χ2v) is 12.2. The molecule has 0 bridgehead atoms. The fraction of sp³-hybridized carbons (Fsp3) is 0.625. The van der Waals surface area contributed by atoms with Crippen molar-refractivity contribution < 1.29 is 9.09 Å². The average molecular weight is 359 g/mol. The lowest BCUT2D eigenvalue weighted by atomic mass is 10.2. The highest BCUT2D eigenvalue weighted by molar-refractivity contribution is 8.77. The quantitative estimate of drug-likeness (QED) is 0.366. The van der Waals surface area contributed by atoms with Gasteiger partial charge < -0.3 is 4.52 Å². The van der Waals surface area contributed by atoms with Crippen LogP contribution in [-0.2, 0) is 15.6 Å². The van der Waals surface area contributed by atoms with Gasteiger partial charge in [0.2, 0.25) is 0 Å². The smallest absolute Gasteiger partial charge is 0.273 e. The lowest BCUT2D eigenvalue weighted by Crippen LogP contribution is -2.16. The summed E-state index contributed by atoms with van der Waals surface area (Å²) in [6.07, 6.45) is 2.03. The van der Waals surface area contributed by atoms with Crippen molar-refractivity contribution >= 4 is 29.1 Å². The Balaban J connectivity index is 1.75. The van der Waals surface area contributed by atoms with Gasteiger partial charge in [0, 0.05) is 17.0 Å². The lowest BCUT2D eigenvalue weighted by Gasteiger charge is -2.20. The summed E-state index contributed by atoms with van der Waals surface area (Å²) in [5.41, 5.74) is 1.36. The Hall–Kier alpha value is 0.0700. The minimum Gasteiger partial charge on any atom is -0.316 e. The SMILES string of the molecule is CC(C)(C)SSCCOP(=O)(NCc1ccccc1)C1CC1. The zero-order valence-corrected chi connectivity index (χ0v) is 16.1. The molecule has 6 heteroatoms. The lowest BCUT2D eigenvalue weighted by molar-refractivity contribution is 0.326. The van der Waals surface area contributed by atoms with Crippen molar-refractivity contribution in [2.24, 2.45) is 0 Å². The predicted molar refractivity (Wildman–Crippen MR) is 99.7 cm³/mol. The highest BCUT2D eigenvalue weighted by Gasteiger charge is 2.42. The van der Waals surface area contributed by atoms with Crippen LogP contribution in [0.25, 0.3) is 0 Å². The van der Waals surface area contributed by atoms with E-state index < -0.39 is 7.52 Å². The molecule has 0 heterocycles. The van der Waals surface area contributed by atoms with Crippen LogP contribution in [0.2, 0.25) is 0 Å². The Morgan fingerprint density at radius 2 is 1.95 bits per heavy atom. The van der Waals surface area contributed by atoms with Crippen LogP contribution in [0.1, 0.15) is 39.2 Å². The molecule has 0 saturated heterocycles. The van der Waals surface area contributed by atoms with Crippen LogP contribution in [0.3, 0.4) is 0 Å². The van der Waals surface area contributed by atoms with E-state index in [0.717, 1.165) is 24.2 Å². The molecule has 0 amide bonds. The fourth-order valence-electron chi connectivity index (χ4n) is 1.92. The molecule has 1 N–H and O–H groups in total. The number of benzene rings is 1. The van der Waals surface area contributed by atoms with E-state index in [1.807, 2.05) is 41.1 Å². The molecule has 1 aliphatic carbocycles. The predicted octanol–water partition coefficient (Wildman–Crippen LogP) is 5.33. The monoisotopic (exact) mass is 359 g/mol. The molecule has 1 aromatic rings. The first kappa shape index (κ1) is 18.4. The normalized spacial score (nSPS) is 18.1. The van der Waals surface area contributed by atoms with Crippen LogP contribution in [0.15, 0.2) is 30.3 Å². The van der Waals surface area contributed by atoms with Gasteiger partial charge in [0.15, 0.2) is 0 Å². The van der Waals surface area contributed by atoms with Crippen molar-refractivity contribution in [2.75, 3.05) is 12.4 Å². The van der Waals surface area contributed by atoms with Gasteiger partial charge in [-0.2, -0.15) is 0 Å². The van der Waals surface area contributed by atoms with Gasteiger partial charge in [-0.05, 0) is 18.4 Å². The van der Waals surface area contributed by atoms with Crippen molar-refractivity contribution in [3.8, 4) is 0 Å². The van der Waals surface area contributed by atoms with Gasteiger partial charge in [-0.1, -0.05) is 72.7 Å². The highest BCUT2D eigenvalue weighted by Crippen LogP contribution is 2.58. The van der Waals surface area contributed by atoms with E-state index in [-0.39, 0.29) is 10.4 Å². The summed E-state index contributed by atoms with van der Waals surface area (Å²) in [5, 5.41) is 3.20. The molecule has 0 spiro atoms. The van der Waals surface area contributed by atoms with Crippen LogP contribution in [-0.4, -0.2) is 22.8 Å².